The number of nitrogens with zero attached hydrogens (tertiary/aromatic N) is 2. The number of amides is 1. The summed E-state index contributed by atoms with van der Waals surface area (Å²) in [4.78, 5) is 19.3. The highest BCUT2D eigenvalue weighted by molar-refractivity contribution is 5.86. The van der Waals surface area contributed by atoms with Gasteiger partial charge in [0, 0.05) is 25.2 Å². The number of hydrogen-bond donors (Lipinski definition) is 1. The van der Waals surface area contributed by atoms with Crippen molar-refractivity contribution in [2.75, 3.05) is 46.1 Å². The van der Waals surface area contributed by atoms with E-state index in [2.05, 4.69) is 34.2 Å². The van der Waals surface area contributed by atoms with Crippen molar-refractivity contribution >= 4 is 12.1 Å². The summed E-state index contributed by atoms with van der Waals surface area (Å²) in [5.41, 5.74) is 2.03. The Hall–Kier alpha value is -3.88. The van der Waals surface area contributed by atoms with Gasteiger partial charge in [0.15, 0.2) is 11.5 Å². The van der Waals surface area contributed by atoms with Crippen LogP contribution in [-0.2, 0) is 4.79 Å². The van der Waals surface area contributed by atoms with Gasteiger partial charge in [-0.25, -0.2) is 4.99 Å². The summed E-state index contributed by atoms with van der Waals surface area (Å²) < 4.78 is 22.5. The van der Waals surface area contributed by atoms with Crippen LogP contribution in [0.5, 0.6) is 23.0 Å². The minimum Gasteiger partial charge on any atom is -0.494 e. The van der Waals surface area contributed by atoms with Crippen LogP contribution in [0.1, 0.15) is 42.9 Å². The first-order valence-electron chi connectivity index (χ1n) is 14.4. The molecule has 0 saturated carbocycles. The van der Waals surface area contributed by atoms with Crippen LogP contribution < -0.4 is 18.9 Å². The van der Waals surface area contributed by atoms with E-state index in [4.69, 9.17) is 18.9 Å². The second kappa shape index (κ2) is 14.1. The Kier molecular flexibility index (Phi) is 9.88. The molecule has 0 aliphatic carbocycles. The number of aliphatic hydroxyl groups excluding tert-OH is 1. The third kappa shape index (κ3) is 7.86. The SMILES string of the molecule is CCOc1ccc(OCCC(=O)N=CC(CN2CCC(c3ccccc3)C2)C(O)c2ccc3c(c2)OCCO3)cc1. The minimum absolute atomic E-state index is 0.135. The van der Waals surface area contributed by atoms with Gasteiger partial charge in [0.05, 0.1) is 25.7 Å². The van der Waals surface area contributed by atoms with E-state index < -0.39 is 6.10 Å². The maximum Gasteiger partial charge on any atom is 0.248 e. The molecule has 0 bridgehead atoms. The highest BCUT2D eigenvalue weighted by atomic mass is 16.6. The number of fused-ring (bicyclic) bond motifs is 1. The molecule has 2 aliphatic rings. The number of carbonyl (C=O) groups is 1. The van der Waals surface area contributed by atoms with E-state index in [0.29, 0.717) is 55.1 Å². The van der Waals surface area contributed by atoms with Crippen LogP contribution in [0.25, 0.3) is 0 Å². The van der Waals surface area contributed by atoms with Crippen LogP contribution >= 0.6 is 0 Å². The number of ether oxygens (including phenoxy) is 4. The molecule has 1 fully saturated rings. The quantitative estimate of drug-likeness (QED) is 0.311. The molecular formula is C33H38N2O6. The molecule has 0 radical (unpaired) electrons. The number of hydrogen-bond acceptors (Lipinski definition) is 7. The van der Waals surface area contributed by atoms with Gasteiger partial charge in [-0.3, -0.25) is 4.79 Å². The van der Waals surface area contributed by atoms with Crippen molar-refractivity contribution in [1.29, 1.82) is 0 Å². The molecule has 3 aromatic rings. The van der Waals surface area contributed by atoms with E-state index in [1.165, 1.54) is 5.56 Å². The Morgan fingerprint density at radius 1 is 1.02 bits per heavy atom. The fraction of sp³-hybridized carbons (Fsp3) is 0.394. The topological polar surface area (TPSA) is 89.8 Å². The van der Waals surface area contributed by atoms with Crippen molar-refractivity contribution < 1.29 is 28.8 Å². The van der Waals surface area contributed by atoms with Crippen molar-refractivity contribution in [1.82, 2.24) is 4.90 Å². The first kappa shape index (κ1) is 28.6. The predicted octanol–water partition coefficient (Wildman–Crippen LogP) is 5.06. The lowest BCUT2D eigenvalue weighted by atomic mass is 9.95. The van der Waals surface area contributed by atoms with Crippen molar-refractivity contribution in [2.45, 2.75) is 31.8 Å². The van der Waals surface area contributed by atoms with E-state index in [-0.39, 0.29) is 24.9 Å². The molecule has 5 rings (SSSR count). The fourth-order valence-electron chi connectivity index (χ4n) is 5.31. The van der Waals surface area contributed by atoms with Crippen LogP contribution in [0.3, 0.4) is 0 Å². The summed E-state index contributed by atoms with van der Waals surface area (Å²) in [5, 5.41) is 11.5. The monoisotopic (exact) mass is 558 g/mol. The van der Waals surface area contributed by atoms with E-state index in [0.717, 1.165) is 25.3 Å². The lowest BCUT2D eigenvalue weighted by Gasteiger charge is -2.26. The summed E-state index contributed by atoms with van der Waals surface area (Å²) in [7, 11) is 0. The summed E-state index contributed by atoms with van der Waals surface area (Å²) in [6.45, 7) is 6.12. The summed E-state index contributed by atoms with van der Waals surface area (Å²) >= 11 is 0. The Morgan fingerprint density at radius 3 is 2.51 bits per heavy atom. The van der Waals surface area contributed by atoms with Crippen molar-refractivity contribution in [2.24, 2.45) is 10.9 Å². The number of likely N-dealkylation sites (tertiary alicyclic amines) is 1. The van der Waals surface area contributed by atoms with Gasteiger partial charge in [0.2, 0.25) is 5.91 Å². The first-order chi connectivity index (χ1) is 20.1. The molecule has 1 N–H and O–H groups in total. The highest BCUT2D eigenvalue weighted by Gasteiger charge is 2.29. The molecule has 1 saturated heterocycles. The molecule has 41 heavy (non-hydrogen) atoms. The molecule has 0 spiro atoms. The fourth-order valence-corrected chi connectivity index (χ4v) is 5.31. The molecule has 8 nitrogen and oxygen atoms in total. The Balaban J connectivity index is 1.22. The molecule has 216 valence electrons. The van der Waals surface area contributed by atoms with Crippen LogP contribution in [0.2, 0.25) is 0 Å². The van der Waals surface area contributed by atoms with E-state index in [1.54, 1.807) is 6.21 Å². The van der Waals surface area contributed by atoms with Crippen LogP contribution in [0.4, 0.5) is 0 Å². The van der Waals surface area contributed by atoms with Gasteiger partial charge in [-0.1, -0.05) is 36.4 Å². The number of rotatable bonds is 12. The van der Waals surface area contributed by atoms with Crippen LogP contribution in [0, 0.1) is 5.92 Å². The second-order valence-corrected chi connectivity index (χ2v) is 10.3. The van der Waals surface area contributed by atoms with Crippen molar-refractivity contribution in [3.05, 3.63) is 83.9 Å². The zero-order valence-corrected chi connectivity index (χ0v) is 23.5. The van der Waals surface area contributed by atoms with Crippen LogP contribution in [-0.4, -0.2) is 68.2 Å². The molecule has 3 unspecified atom stereocenters. The molecule has 2 aliphatic heterocycles. The zero-order valence-electron chi connectivity index (χ0n) is 23.5. The van der Waals surface area contributed by atoms with E-state index in [1.807, 2.05) is 55.5 Å². The lowest BCUT2D eigenvalue weighted by Crippen LogP contribution is -2.32. The maximum atomic E-state index is 12.7. The number of aliphatic imine (C=N–C) groups is 1. The number of benzene rings is 3. The zero-order chi connectivity index (χ0) is 28.4. The lowest BCUT2D eigenvalue weighted by molar-refractivity contribution is -0.118. The van der Waals surface area contributed by atoms with E-state index in [9.17, 15) is 9.90 Å². The minimum atomic E-state index is -0.863. The van der Waals surface area contributed by atoms with Gasteiger partial charge in [-0.2, -0.15) is 0 Å². The highest BCUT2D eigenvalue weighted by Crippen LogP contribution is 2.35. The Morgan fingerprint density at radius 2 is 1.76 bits per heavy atom. The predicted molar refractivity (Wildman–Crippen MR) is 157 cm³/mol. The van der Waals surface area contributed by atoms with E-state index >= 15 is 0 Å². The molecular weight excluding hydrogens is 520 g/mol. The Labute approximate surface area is 241 Å². The summed E-state index contributed by atoms with van der Waals surface area (Å²) in [6, 6.07) is 23.3. The van der Waals surface area contributed by atoms with Gasteiger partial charge in [-0.05, 0) is 73.3 Å². The molecule has 0 aromatic heterocycles. The Bertz CT molecular complexity index is 1300. The molecule has 2 heterocycles. The average Bonchev–Trinajstić information content (AvgIpc) is 3.49. The van der Waals surface area contributed by atoms with Gasteiger partial charge in [-0.15, -0.1) is 0 Å². The van der Waals surface area contributed by atoms with Gasteiger partial charge in [0.25, 0.3) is 0 Å². The molecule has 3 atom stereocenters. The third-order valence-electron chi connectivity index (χ3n) is 7.46. The number of carbonyl (C=O) groups excluding carboxylic acids is 1. The van der Waals surface area contributed by atoms with Gasteiger partial charge in [0.1, 0.15) is 24.7 Å². The summed E-state index contributed by atoms with van der Waals surface area (Å²) in [6.07, 6.45) is 1.93. The number of aliphatic hydroxyl groups is 1. The normalized spacial score (nSPS) is 18.2. The average molecular weight is 559 g/mol. The molecule has 1 amide bonds. The molecule has 3 aromatic carbocycles. The van der Waals surface area contributed by atoms with Crippen LogP contribution in [0.15, 0.2) is 77.8 Å². The maximum absolute atomic E-state index is 12.7. The molecule has 8 heteroatoms. The second-order valence-electron chi connectivity index (χ2n) is 10.3. The van der Waals surface area contributed by atoms with Crippen molar-refractivity contribution in [3.63, 3.8) is 0 Å². The first-order valence-corrected chi connectivity index (χ1v) is 14.4. The summed E-state index contributed by atoms with van der Waals surface area (Å²) in [5.74, 6) is 2.50. The smallest absolute Gasteiger partial charge is 0.248 e. The van der Waals surface area contributed by atoms with Crippen molar-refractivity contribution in [3.8, 4) is 23.0 Å². The third-order valence-corrected chi connectivity index (χ3v) is 7.46. The van der Waals surface area contributed by atoms with Gasteiger partial charge < -0.3 is 29.0 Å². The largest absolute Gasteiger partial charge is 0.494 e. The standard InChI is InChI=1S/C33H38N2O6/c1-2-38-28-9-11-29(12-10-28)39-17-15-32(36)34-21-27(23-35-16-14-26(22-35)24-6-4-3-5-7-24)33(37)25-8-13-30-31(20-25)41-19-18-40-30/h3-13,20-21,26-27,33,37H,2,14-19,22-23H2,1H3. The van der Waals surface area contributed by atoms with Gasteiger partial charge >= 0.3 is 0 Å².